The molecule has 1 N–H and O–H groups in total. The highest BCUT2D eigenvalue weighted by atomic mass is 16.4. The third-order valence-corrected chi connectivity index (χ3v) is 2.89. The Hall–Kier alpha value is -1.65. The Morgan fingerprint density at radius 2 is 2.44 bits per heavy atom. The zero-order chi connectivity index (χ0) is 11.7. The molecule has 0 spiro atoms. The van der Waals surface area contributed by atoms with Crippen LogP contribution in [0.5, 0.6) is 0 Å². The molecule has 0 amide bonds. The van der Waals surface area contributed by atoms with Gasteiger partial charge in [-0.25, -0.2) is 4.68 Å². The molecule has 0 saturated heterocycles. The molecule has 1 aromatic heterocycles. The Kier molecular flexibility index (Phi) is 2.77. The van der Waals surface area contributed by atoms with Crippen LogP contribution in [0.2, 0.25) is 0 Å². The molecule has 0 fully saturated rings. The number of aromatic nitrogens is 2. The summed E-state index contributed by atoms with van der Waals surface area (Å²) < 4.78 is 1.02. The molecule has 0 bridgehead atoms. The van der Waals surface area contributed by atoms with Crippen molar-refractivity contribution in [3.63, 3.8) is 0 Å². The van der Waals surface area contributed by atoms with Crippen LogP contribution in [0.1, 0.15) is 24.6 Å². The van der Waals surface area contributed by atoms with Crippen LogP contribution in [0.15, 0.2) is 10.9 Å². The molecule has 0 saturated carbocycles. The van der Waals surface area contributed by atoms with Crippen molar-refractivity contribution < 1.29 is 9.90 Å². The molecule has 0 radical (unpaired) electrons. The molecule has 1 aliphatic carbocycles. The van der Waals surface area contributed by atoms with Crippen LogP contribution in [-0.4, -0.2) is 20.9 Å². The maximum atomic E-state index is 11.6. The number of aliphatic carboxylic acids is 1. The number of carboxylic acid groups (broad SMARTS) is 1. The van der Waals surface area contributed by atoms with Crippen LogP contribution < -0.4 is 5.56 Å². The lowest BCUT2D eigenvalue weighted by Crippen LogP contribution is -2.30. The monoisotopic (exact) mass is 222 g/mol. The van der Waals surface area contributed by atoms with Gasteiger partial charge in [0.1, 0.15) is 6.54 Å². The average molecular weight is 222 g/mol. The summed E-state index contributed by atoms with van der Waals surface area (Å²) in [5, 5.41) is 12.7. The minimum atomic E-state index is -1.04. The van der Waals surface area contributed by atoms with Crippen molar-refractivity contribution in [1.29, 1.82) is 0 Å². The number of aryl methyl sites for hydroxylation is 1. The van der Waals surface area contributed by atoms with Crippen molar-refractivity contribution in [3.8, 4) is 0 Å². The van der Waals surface area contributed by atoms with Gasteiger partial charge in [0.05, 0.1) is 5.69 Å². The van der Waals surface area contributed by atoms with Crippen molar-refractivity contribution in [2.45, 2.75) is 32.7 Å². The SMILES string of the molecule is C[C@@H]1CCc2nn(CC(=O)O)c(=O)cc2C1. The van der Waals surface area contributed by atoms with Crippen LogP contribution in [0.25, 0.3) is 0 Å². The third kappa shape index (κ3) is 2.13. The number of carbonyl (C=O) groups is 1. The Morgan fingerprint density at radius 3 is 3.12 bits per heavy atom. The van der Waals surface area contributed by atoms with Gasteiger partial charge in [-0.3, -0.25) is 9.59 Å². The van der Waals surface area contributed by atoms with Gasteiger partial charge in [0.2, 0.25) is 0 Å². The molecule has 0 aliphatic heterocycles. The number of fused-ring (bicyclic) bond motifs is 1. The molecule has 16 heavy (non-hydrogen) atoms. The lowest BCUT2D eigenvalue weighted by molar-refractivity contribution is -0.138. The Balaban J connectivity index is 2.38. The largest absolute Gasteiger partial charge is 0.480 e. The van der Waals surface area contributed by atoms with Crippen molar-refractivity contribution in [2.75, 3.05) is 0 Å². The highest BCUT2D eigenvalue weighted by Gasteiger charge is 2.18. The summed E-state index contributed by atoms with van der Waals surface area (Å²) in [6, 6.07) is 1.53. The van der Waals surface area contributed by atoms with Crippen molar-refractivity contribution >= 4 is 5.97 Å². The minimum Gasteiger partial charge on any atom is -0.480 e. The van der Waals surface area contributed by atoms with Crippen molar-refractivity contribution in [2.24, 2.45) is 5.92 Å². The summed E-state index contributed by atoms with van der Waals surface area (Å²) in [5.41, 5.74) is 1.53. The van der Waals surface area contributed by atoms with E-state index in [-0.39, 0.29) is 12.1 Å². The summed E-state index contributed by atoms with van der Waals surface area (Å²) in [6.07, 6.45) is 2.74. The molecule has 1 atom stereocenters. The number of nitrogens with zero attached hydrogens (tertiary/aromatic N) is 2. The first-order chi connectivity index (χ1) is 7.56. The predicted octanol–water partition coefficient (Wildman–Crippen LogP) is 0.453. The molecule has 2 rings (SSSR count). The topological polar surface area (TPSA) is 72.2 Å². The lowest BCUT2D eigenvalue weighted by atomic mass is 9.88. The zero-order valence-electron chi connectivity index (χ0n) is 9.14. The molecule has 0 unspecified atom stereocenters. The number of rotatable bonds is 2. The summed E-state index contributed by atoms with van der Waals surface area (Å²) in [6.45, 7) is 1.79. The van der Waals surface area contributed by atoms with Crippen LogP contribution in [0.4, 0.5) is 0 Å². The van der Waals surface area contributed by atoms with Gasteiger partial charge in [0.25, 0.3) is 5.56 Å². The van der Waals surface area contributed by atoms with E-state index < -0.39 is 5.97 Å². The van der Waals surface area contributed by atoms with Gasteiger partial charge in [-0.1, -0.05) is 6.92 Å². The summed E-state index contributed by atoms with van der Waals surface area (Å²) in [4.78, 5) is 22.1. The van der Waals surface area contributed by atoms with E-state index in [4.69, 9.17) is 5.11 Å². The lowest BCUT2D eigenvalue weighted by Gasteiger charge is -2.20. The third-order valence-electron chi connectivity index (χ3n) is 2.89. The Bertz CT molecular complexity index is 479. The highest BCUT2D eigenvalue weighted by molar-refractivity contribution is 5.66. The van der Waals surface area contributed by atoms with E-state index >= 15 is 0 Å². The standard InChI is InChI=1S/C11H14N2O3/c1-7-2-3-9-8(4-7)5-10(14)13(12-9)6-11(15)16/h5,7H,2-4,6H2,1H3,(H,15,16)/t7-/m1/s1. The summed E-state index contributed by atoms with van der Waals surface area (Å²) in [5.74, 6) is -0.470. The first kappa shape index (κ1) is 10.9. The van der Waals surface area contributed by atoms with Gasteiger partial charge in [0, 0.05) is 6.07 Å². The highest BCUT2D eigenvalue weighted by Crippen LogP contribution is 2.21. The number of carboxylic acids is 1. The van der Waals surface area contributed by atoms with Crippen molar-refractivity contribution in [1.82, 2.24) is 9.78 Å². The number of hydrogen-bond donors (Lipinski definition) is 1. The van der Waals surface area contributed by atoms with E-state index in [1.54, 1.807) is 0 Å². The molecular formula is C11H14N2O3. The average Bonchev–Trinajstić information content (AvgIpc) is 2.19. The van der Waals surface area contributed by atoms with E-state index in [2.05, 4.69) is 12.0 Å². The van der Waals surface area contributed by atoms with E-state index in [9.17, 15) is 9.59 Å². The van der Waals surface area contributed by atoms with Crippen LogP contribution >= 0.6 is 0 Å². The molecule has 1 aromatic rings. The quantitative estimate of drug-likeness (QED) is 0.788. The Labute approximate surface area is 92.7 Å². The van der Waals surface area contributed by atoms with Gasteiger partial charge in [-0.2, -0.15) is 5.10 Å². The fourth-order valence-corrected chi connectivity index (χ4v) is 2.06. The second kappa shape index (κ2) is 4.08. The normalized spacial score (nSPS) is 19.2. The molecule has 1 heterocycles. The molecule has 1 aliphatic rings. The number of hydrogen-bond acceptors (Lipinski definition) is 3. The summed E-state index contributed by atoms with van der Waals surface area (Å²) in [7, 11) is 0. The maximum Gasteiger partial charge on any atom is 0.325 e. The van der Waals surface area contributed by atoms with Crippen molar-refractivity contribution in [3.05, 3.63) is 27.7 Å². The summed E-state index contributed by atoms with van der Waals surface area (Å²) >= 11 is 0. The van der Waals surface area contributed by atoms with Gasteiger partial charge in [-0.05, 0) is 30.7 Å². The van der Waals surface area contributed by atoms with Gasteiger partial charge in [-0.15, -0.1) is 0 Å². The van der Waals surface area contributed by atoms with E-state index in [0.717, 1.165) is 35.2 Å². The van der Waals surface area contributed by atoms with E-state index in [0.29, 0.717) is 5.92 Å². The van der Waals surface area contributed by atoms with Crippen LogP contribution in [0, 0.1) is 5.92 Å². The predicted molar refractivity (Wildman–Crippen MR) is 57.3 cm³/mol. The second-order valence-corrected chi connectivity index (χ2v) is 4.35. The van der Waals surface area contributed by atoms with Crippen LogP contribution in [-0.2, 0) is 24.2 Å². The zero-order valence-corrected chi connectivity index (χ0v) is 9.14. The second-order valence-electron chi connectivity index (χ2n) is 4.35. The fourth-order valence-electron chi connectivity index (χ4n) is 2.06. The molecule has 5 nitrogen and oxygen atoms in total. The molecule has 5 heteroatoms. The van der Waals surface area contributed by atoms with E-state index in [1.807, 2.05) is 0 Å². The maximum absolute atomic E-state index is 11.6. The van der Waals surface area contributed by atoms with E-state index in [1.165, 1.54) is 6.07 Å². The minimum absolute atomic E-state index is 0.324. The fraction of sp³-hybridized carbons (Fsp3) is 0.545. The van der Waals surface area contributed by atoms with Gasteiger partial charge < -0.3 is 5.11 Å². The first-order valence-corrected chi connectivity index (χ1v) is 5.38. The molecular weight excluding hydrogens is 208 g/mol. The smallest absolute Gasteiger partial charge is 0.325 e. The molecule has 0 aromatic carbocycles. The molecule has 86 valence electrons. The Morgan fingerprint density at radius 1 is 1.69 bits per heavy atom. The van der Waals surface area contributed by atoms with Gasteiger partial charge in [0.15, 0.2) is 0 Å². The van der Waals surface area contributed by atoms with Gasteiger partial charge >= 0.3 is 5.97 Å². The van der Waals surface area contributed by atoms with Crippen LogP contribution in [0.3, 0.4) is 0 Å². The first-order valence-electron chi connectivity index (χ1n) is 5.38.